The zero-order valence-electron chi connectivity index (χ0n) is 28.5. The zero-order chi connectivity index (χ0) is 33.0. The molecule has 7 aromatic rings. The molecule has 0 fully saturated rings. The largest absolute Gasteiger partial charge is 2.00 e. The Morgan fingerprint density at radius 2 is 1.48 bits per heavy atom. The number of rotatable bonds is 7. The van der Waals surface area contributed by atoms with Crippen LogP contribution in [0.3, 0.4) is 0 Å². The summed E-state index contributed by atoms with van der Waals surface area (Å²) in [5, 5.41) is 7.28. The molecule has 0 amide bonds. The van der Waals surface area contributed by atoms with Gasteiger partial charge in [0.05, 0.1) is 18.5 Å². The van der Waals surface area contributed by atoms with Crippen LogP contribution in [0.25, 0.3) is 44.4 Å². The fourth-order valence-electron chi connectivity index (χ4n) is 6.92. The van der Waals surface area contributed by atoms with Gasteiger partial charge in [-0.3, -0.25) is 4.68 Å². The molecule has 7 rings (SSSR count). The first-order chi connectivity index (χ1) is 22.6. The minimum atomic E-state index is 0. The van der Waals surface area contributed by atoms with Crippen LogP contribution in [0.2, 0.25) is 0 Å². The number of aromatic nitrogens is 4. The predicted molar refractivity (Wildman–Crippen MR) is 190 cm³/mol. The maximum absolute atomic E-state index is 6.52. The average molecular weight is 725 g/mol. The van der Waals surface area contributed by atoms with Gasteiger partial charge in [-0.15, -0.1) is 35.7 Å². The topological polar surface area (TPSA) is 54.1 Å². The monoisotopic (exact) mass is 724 g/mol. The first-order valence-corrected chi connectivity index (χ1v) is 16.0. The summed E-state index contributed by atoms with van der Waals surface area (Å²) in [6, 6.07) is 31.8. The summed E-state index contributed by atoms with van der Waals surface area (Å²) in [5.74, 6) is 2.90. The molecule has 0 saturated heterocycles. The number of benzene rings is 4. The molecule has 0 aliphatic heterocycles. The second kappa shape index (κ2) is 13.1. The van der Waals surface area contributed by atoms with Gasteiger partial charge < -0.3 is 14.0 Å². The first-order valence-electron chi connectivity index (χ1n) is 16.0. The third kappa shape index (κ3) is 5.83. The van der Waals surface area contributed by atoms with Crippen molar-refractivity contribution in [2.24, 2.45) is 0 Å². The van der Waals surface area contributed by atoms with Gasteiger partial charge in [0, 0.05) is 34.8 Å². The number of nitrogens with zero attached hydrogens (tertiary/aromatic N) is 4. The van der Waals surface area contributed by atoms with Crippen LogP contribution in [0.5, 0.6) is 17.2 Å². The first kappa shape index (κ1) is 33.2. The van der Waals surface area contributed by atoms with Gasteiger partial charge in [0.25, 0.3) is 0 Å². The Morgan fingerprint density at radius 1 is 0.750 bits per heavy atom. The third-order valence-electron chi connectivity index (χ3n) is 8.73. The maximum atomic E-state index is 6.52. The third-order valence-corrected chi connectivity index (χ3v) is 8.73. The average Bonchev–Trinajstić information content (AvgIpc) is 3.55. The van der Waals surface area contributed by atoms with Crippen LogP contribution in [-0.4, -0.2) is 26.4 Å². The van der Waals surface area contributed by atoms with Crippen LogP contribution in [0.4, 0.5) is 0 Å². The predicted octanol–water partition coefficient (Wildman–Crippen LogP) is 10.1. The zero-order valence-corrected chi connectivity index (χ0v) is 30.1. The van der Waals surface area contributed by atoms with Crippen molar-refractivity contribution < 1.29 is 29.9 Å². The molecule has 0 atom stereocenters. The summed E-state index contributed by atoms with van der Waals surface area (Å²) >= 11 is 0. The second-order valence-corrected chi connectivity index (χ2v) is 12.7. The number of hydrogen-bond acceptors (Lipinski definition) is 4. The molecule has 4 aromatic carbocycles. The molecule has 0 saturated carbocycles. The number of methoxy groups -OCH3 is 1. The Kier molecular flexibility index (Phi) is 9.04. The van der Waals surface area contributed by atoms with Crippen LogP contribution in [0.1, 0.15) is 53.4 Å². The number of aryl methyl sites for hydroxylation is 5. The molecule has 6 nitrogen and oxygen atoms in total. The van der Waals surface area contributed by atoms with Gasteiger partial charge in [-0.2, -0.15) is 16.7 Å². The molecule has 7 heteroatoms. The molecule has 0 aliphatic rings. The molecular weight excluding hydrogens is 687 g/mol. The SMILES string of the molecule is COc1ccnc(-n2c3[c-]c(Oc4[c-]c(-n5nc(C)c(-c6c(C)cc(C)cc6C)c5C(C)C)cc(C)c4)ccc3c3ccccc32)c1.[Pd+2]. The molecule has 0 aliphatic carbocycles. The van der Waals surface area contributed by atoms with Gasteiger partial charge in [-0.1, -0.05) is 62.2 Å². The van der Waals surface area contributed by atoms with Crippen molar-refractivity contribution in [2.75, 3.05) is 7.11 Å². The summed E-state index contributed by atoms with van der Waals surface area (Å²) in [7, 11) is 1.66. The maximum Gasteiger partial charge on any atom is 2.00 e. The summed E-state index contributed by atoms with van der Waals surface area (Å²) in [6.45, 7) is 15.2. The van der Waals surface area contributed by atoms with Crippen molar-refractivity contribution in [1.82, 2.24) is 19.3 Å². The van der Waals surface area contributed by atoms with Gasteiger partial charge in [-0.05, 0) is 73.5 Å². The standard InChI is InChI=1S/C41H38N4O2.Pd/c1-24(2)41-40(39-27(5)17-25(3)18-28(39)6)29(7)43-45(41)30-19-26(4)20-33(21-30)47-32-13-14-35-34-11-9-10-12-36(34)44(37(35)22-32)38-23-31(46-8)15-16-42-38;/h9-20,23-24H,1-8H3;/q-2;+2. The Morgan fingerprint density at radius 3 is 2.21 bits per heavy atom. The van der Waals surface area contributed by atoms with Gasteiger partial charge in [0.2, 0.25) is 0 Å². The van der Waals surface area contributed by atoms with E-state index in [0.717, 1.165) is 56.0 Å². The molecular formula is C41H38N4O2Pd. The van der Waals surface area contributed by atoms with Crippen molar-refractivity contribution in [3.8, 4) is 39.9 Å². The molecule has 244 valence electrons. The van der Waals surface area contributed by atoms with Crippen LogP contribution >= 0.6 is 0 Å². The van der Waals surface area contributed by atoms with E-state index >= 15 is 0 Å². The Balaban J connectivity index is 0.00000401. The van der Waals surface area contributed by atoms with E-state index < -0.39 is 0 Å². The van der Waals surface area contributed by atoms with E-state index in [1.807, 2.05) is 41.1 Å². The van der Waals surface area contributed by atoms with Gasteiger partial charge in [0.15, 0.2) is 0 Å². The Labute approximate surface area is 296 Å². The second-order valence-electron chi connectivity index (χ2n) is 12.7. The molecule has 0 radical (unpaired) electrons. The molecule has 3 aromatic heterocycles. The van der Waals surface area contributed by atoms with Gasteiger partial charge in [0.1, 0.15) is 11.6 Å². The molecule has 48 heavy (non-hydrogen) atoms. The molecule has 0 unspecified atom stereocenters. The van der Waals surface area contributed by atoms with Crippen LogP contribution in [0.15, 0.2) is 79.0 Å². The number of hydrogen-bond donors (Lipinski definition) is 0. The summed E-state index contributed by atoms with van der Waals surface area (Å²) in [4.78, 5) is 4.68. The smallest absolute Gasteiger partial charge is 0.509 e. The Hall–Kier alpha value is -4.70. The van der Waals surface area contributed by atoms with Crippen molar-refractivity contribution in [1.29, 1.82) is 0 Å². The quantitative estimate of drug-likeness (QED) is 0.121. The van der Waals surface area contributed by atoms with E-state index in [2.05, 4.69) is 107 Å². The van der Waals surface area contributed by atoms with E-state index in [1.54, 1.807) is 13.3 Å². The number of pyridine rings is 1. The van der Waals surface area contributed by atoms with E-state index in [9.17, 15) is 0 Å². The van der Waals surface area contributed by atoms with Crippen LogP contribution < -0.4 is 9.47 Å². The molecule has 0 N–H and O–H groups in total. The fourth-order valence-corrected chi connectivity index (χ4v) is 6.92. The van der Waals surface area contributed by atoms with E-state index in [4.69, 9.17) is 14.6 Å². The van der Waals surface area contributed by atoms with Gasteiger partial charge in [-0.25, -0.2) is 4.98 Å². The minimum absolute atomic E-state index is 0. The molecule has 0 spiro atoms. The number of fused-ring (bicyclic) bond motifs is 3. The minimum Gasteiger partial charge on any atom is -0.509 e. The molecule has 3 heterocycles. The van der Waals surface area contributed by atoms with Crippen molar-refractivity contribution in [3.05, 3.63) is 125 Å². The van der Waals surface area contributed by atoms with Gasteiger partial charge >= 0.3 is 20.4 Å². The van der Waals surface area contributed by atoms with Crippen LogP contribution in [0, 0.1) is 46.8 Å². The number of ether oxygens (including phenoxy) is 2. The summed E-state index contributed by atoms with van der Waals surface area (Å²) < 4.78 is 16.2. The Bertz CT molecular complexity index is 2290. The van der Waals surface area contributed by atoms with Crippen molar-refractivity contribution >= 4 is 21.8 Å². The normalized spacial score (nSPS) is 11.4. The molecule has 0 bridgehead atoms. The summed E-state index contributed by atoms with van der Waals surface area (Å²) in [5.41, 5.74) is 12.2. The van der Waals surface area contributed by atoms with Crippen molar-refractivity contribution in [2.45, 2.75) is 54.4 Å². The van der Waals surface area contributed by atoms with Crippen molar-refractivity contribution in [3.63, 3.8) is 0 Å². The summed E-state index contributed by atoms with van der Waals surface area (Å²) in [6.07, 6.45) is 1.76. The van der Waals surface area contributed by atoms with E-state index in [0.29, 0.717) is 11.5 Å². The number of para-hydroxylation sites is 1. The van der Waals surface area contributed by atoms with E-state index in [-0.39, 0.29) is 26.3 Å². The van der Waals surface area contributed by atoms with Crippen LogP contribution in [-0.2, 0) is 20.4 Å². The fraction of sp³-hybridized carbons (Fsp3) is 0.220. The van der Waals surface area contributed by atoms with E-state index in [1.165, 1.54) is 27.8 Å².